The minimum atomic E-state index is -0.230. The SMILES string of the molecule is OC(CCCc1cccs1)Cc1ccc(Br)cc1. The van der Waals surface area contributed by atoms with Gasteiger partial charge < -0.3 is 5.11 Å². The molecule has 96 valence electrons. The topological polar surface area (TPSA) is 20.2 Å². The highest BCUT2D eigenvalue weighted by Crippen LogP contribution is 2.16. The number of aryl methyl sites for hydroxylation is 1. The lowest BCUT2D eigenvalue weighted by atomic mass is 10.0. The smallest absolute Gasteiger partial charge is 0.0580 e. The van der Waals surface area contributed by atoms with Gasteiger partial charge in [0.25, 0.3) is 0 Å². The van der Waals surface area contributed by atoms with Crippen LogP contribution in [0.2, 0.25) is 0 Å². The van der Waals surface area contributed by atoms with Gasteiger partial charge in [0.1, 0.15) is 0 Å². The average molecular weight is 325 g/mol. The van der Waals surface area contributed by atoms with Crippen LogP contribution in [0.15, 0.2) is 46.3 Å². The Labute approximate surface area is 121 Å². The number of benzene rings is 1. The van der Waals surface area contributed by atoms with Crippen molar-refractivity contribution >= 4 is 27.3 Å². The van der Waals surface area contributed by atoms with Crippen molar-refractivity contribution in [3.8, 4) is 0 Å². The number of hydrogen-bond acceptors (Lipinski definition) is 2. The van der Waals surface area contributed by atoms with E-state index in [0.29, 0.717) is 0 Å². The Balaban J connectivity index is 1.71. The van der Waals surface area contributed by atoms with Crippen molar-refractivity contribution < 1.29 is 5.11 Å². The molecule has 1 heterocycles. The molecule has 0 bridgehead atoms. The van der Waals surface area contributed by atoms with Gasteiger partial charge >= 0.3 is 0 Å². The van der Waals surface area contributed by atoms with Crippen LogP contribution in [-0.2, 0) is 12.8 Å². The summed E-state index contributed by atoms with van der Waals surface area (Å²) in [7, 11) is 0. The van der Waals surface area contributed by atoms with Crippen LogP contribution in [0.4, 0.5) is 0 Å². The second kappa shape index (κ2) is 7.07. The molecule has 1 N–H and O–H groups in total. The Morgan fingerprint density at radius 1 is 1.17 bits per heavy atom. The van der Waals surface area contributed by atoms with E-state index in [1.807, 2.05) is 12.1 Å². The maximum atomic E-state index is 9.99. The summed E-state index contributed by atoms with van der Waals surface area (Å²) in [6.45, 7) is 0. The fourth-order valence-corrected chi connectivity index (χ4v) is 2.98. The van der Waals surface area contributed by atoms with Crippen LogP contribution in [0.25, 0.3) is 0 Å². The summed E-state index contributed by atoms with van der Waals surface area (Å²) in [5.74, 6) is 0. The lowest BCUT2D eigenvalue weighted by Crippen LogP contribution is -2.10. The van der Waals surface area contributed by atoms with Crippen LogP contribution in [0.5, 0.6) is 0 Å². The first-order valence-corrected chi connectivity index (χ1v) is 7.86. The molecule has 0 aliphatic carbocycles. The molecule has 0 aliphatic rings. The van der Waals surface area contributed by atoms with Gasteiger partial charge in [0.15, 0.2) is 0 Å². The van der Waals surface area contributed by atoms with Gasteiger partial charge in [-0.05, 0) is 54.8 Å². The Morgan fingerprint density at radius 2 is 1.94 bits per heavy atom. The highest BCUT2D eigenvalue weighted by atomic mass is 79.9. The first-order chi connectivity index (χ1) is 8.74. The molecule has 0 aliphatic heterocycles. The van der Waals surface area contributed by atoms with Crippen LogP contribution in [0.3, 0.4) is 0 Å². The normalized spacial score (nSPS) is 12.6. The molecule has 2 rings (SSSR count). The van der Waals surface area contributed by atoms with Crippen molar-refractivity contribution in [3.05, 3.63) is 56.7 Å². The van der Waals surface area contributed by atoms with E-state index in [1.54, 1.807) is 11.3 Å². The summed E-state index contributed by atoms with van der Waals surface area (Å²) in [6.07, 6.45) is 3.52. The van der Waals surface area contributed by atoms with Gasteiger partial charge in [-0.25, -0.2) is 0 Å². The molecule has 2 aromatic rings. The number of aliphatic hydroxyl groups excluding tert-OH is 1. The van der Waals surface area contributed by atoms with Crippen molar-refractivity contribution in [3.63, 3.8) is 0 Å². The second-order valence-electron chi connectivity index (χ2n) is 4.46. The van der Waals surface area contributed by atoms with Gasteiger partial charge in [-0.2, -0.15) is 0 Å². The number of thiophene rings is 1. The Morgan fingerprint density at radius 3 is 2.61 bits per heavy atom. The van der Waals surface area contributed by atoms with Crippen LogP contribution in [0, 0.1) is 0 Å². The predicted octanol–water partition coefficient (Wildman–Crippen LogP) is 4.44. The number of hydrogen-bond donors (Lipinski definition) is 1. The Kier molecular flexibility index (Phi) is 5.42. The van der Waals surface area contributed by atoms with E-state index in [-0.39, 0.29) is 6.10 Å². The molecule has 0 amide bonds. The van der Waals surface area contributed by atoms with Gasteiger partial charge in [-0.3, -0.25) is 0 Å². The molecule has 18 heavy (non-hydrogen) atoms. The molecule has 1 atom stereocenters. The third kappa shape index (κ3) is 4.56. The maximum Gasteiger partial charge on any atom is 0.0580 e. The summed E-state index contributed by atoms with van der Waals surface area (Å²) >= 11 is 5.21. The molecule has 0 saturated heterocycles. The summed E-state index contributed by atoms with van der Waals surface area (Å²) in [5.41, 5.74) is 1.20. The molecule has 1 aromatic carbocycles. The van der Waals surface area contributed by atoms with Gasteiger partial charge in [-0.15, -0.1) is 11.3 Å². The Hall–Kier alpha value is -0.640. The standard InChI is InChI=1S/C15H17BrOS/c16-13-8-6-12(7-9-13)11-14(17)3-1-4-15-5-2-10-18-15/h2,5-10,14,17H,1,3-4,11H2. The van der Waals surface area contributed by atoms with E-state index in [9.17, 15) is 5.11 Å². The van der Waals surface area contributed by atoms with Gasteiger partial charge in [0.05, 0.1) is 6.10 Å². The van der Waals surface area contributed by atoms with Crippen molar-refractivity contribution in [2.24, 2.45) is 0 Å². The number of rotatable bonds is 6. The summed E-state index contributed by atoms with van der Waals surface area (Å²) in [4.78, 5) is 1.41. The zero-order valence-electron chi connectivity index (χ0n) is 10.2. The second-order valence-corrected chi connectivity index (χ2v) is 6.40. The first kappa shape index (κ1) is 13.8. The highest BCUT2D eigenvalue weighted by Gasteiger charge is 2.06. The van der Waals surface area contributed by atoms with E-state index >= 15 is 0 Å². The fraction of sp³-hybridized carbons (Fsp3) is 0.333. The summed E-state index contributed by atoms with van der Waals surface area (Å²) in [5, 5.41) is 12.1. The van der Waals surface area contributed by atoms with Crippen molar-refractivity contribution in [2.45, 2.75) is 31.8 Å². The molecular weight excluding hydrogens is 308 g/mol. The number of halogens is 1. The molecule has 3 heteroatoms. The van der Waals surface area contributed by atoms with E-state index in [4.69, 9.17) is 0 Å². The van der Waals surface area contributed by atoms with E-state index in [2.05, 4.69) is 45.6 Å². The molecule has 1 nitrogen and oxygen atoms in total. The van der Waals surface area contributed by atoms with Crippen LogP contribution in [-0.4, -0.2) is 11.2 Å². The lowest BCUT2D eigenvalue weighted by molar-refractivity contribution is 0.162. The monoisotopic (exact) mass is 324 g/mol. The van der Waals surface area contributed by atoms with Crippen LogP contribution >= 0.6 is 27.3 Å². The Bertz CT molecular complexity index is 450. The lowest BCUT2D eigenvalue weighted by Gasteiger charge is -2.10. The van der Waals surface area contributed by atoms with E-state index in [1.165, 1.54) is 10.4 Å². The van der Waals surface area contributed by atoms with Gasteiger partial charge in [0.2, 0.25) is 0 Å². The largest absolute Gasteiger partial charge is 0.393 e. The molecule has 0 fully saturated rings. The zero-order chi connectivity index (χ0) is 12.8. The van der Waals surface area contributed by atoms with Crippen molar-refractivity contribution in [1.29, 1.82) is 0 Å². The predicted molar refractivity (Wildman–Crippen MR) is 81.1 cm³/mol. The zero-order valence-corrected chi connectivity index (χ0v) is 12.6. The van der Waals surface area contributed by atoms with Crippen LogP contribution in [0.1, 0.15) is 23.3 Å². The van der Waals surface area contributed by atoms with E-state index < -0.39 is 0 Å². The van der Waals surface area contributed by atoms with Crippen molar-refractivity contribution in [1.82, 2.24) is 0 Å². The minimum absolute atomic E-state index is 0.230. The van der Waals surface area contributed by atoms with Crippen LogP contribution < -0.4 is 0 Å². The molecule has 1 unspecified atom stereocenters. The fourth-order valence-electron chi connectivity index (χ4n) is 1.96. The molecule has 0 saturated carbocycles. The number of aliphatic hydroxyl groups is 1. The first-order valence-electron chi connectivity index (χ1n) is 6.19. The molecular formula is C15H17BrOS. The average Bonchev–Trinajstić information content (AvgIpc) is 2.85. The third-order valence-corrected chi connectivity index (χ3v) is 4.39. The van der Waals surface area contributed by atoms with Crippen molar-refractivity contribution in [2.75, 3.05) is 0 Å². The quantitative estimate of drug-likeness (QED) is 0.833. The molecule has 0 spiro atoms. The summed E-state index contributed by atoms with van der Waals surface area (Å²) < 4.78 is 1.08. The van der Waals surface area contributed by atoms with Gasteiger partial charge in [0, 0.05) is 9.35 Å². The highest BCUT2D eigenvalue weighted by molar-refractivity contribution is 9.10. The van der Waals surface area contributed by atoms with Gasteiger partial charge in [-0.1, -0.05) is 34.1 Å². The third-order valence-electron chi connectivity index (χ3n) is 2.93. The van der Waals surface area contributed by atoms with E-state index in [0.717, 1.165) is 30.2 Å². The molecule has 1 aromatic heterocycles. The minimum Gasteiger partial charge on any atom is -0.393 e. The maximum absolute atomic E-state index is 9.99. The summed E-state index contributed by atoms with van der Waals surface area (Å²) in [6, 6.07) is 12.4. The molecule has 0 radical (unpaired) electrons.